The molecule has 0 spiro atoms. The molecule has 0 saturated carbocycles. The first-order chi connectivity index (χ1) is 15.3. The first-order valence-corrected chi connectivity index (χ1v) is 12.3. The van der Waals surface area contributed by atoms with Gasteiger partial charge in [0.15, 0.2) is 17.3 Å². The lowest BCUT2D eigenvalue weighted by atomic mass is 9.82. The molecule has 1 aromatic carbocycles. The molecule has 10 heteroatoms. The molecule has 1 aromatic heterocycles. The highest BCUT2D eigenvalue weighted by atomic mass is 32.2. The number of nitrogens with one attached hydrogen (secondary N) is 1. The molecule has 1 N–H and O–H groups in total. The Hall–Kier alpha value is -2.59. The monoisotopic (exact) mass is 463 g/mol. The topological polar surface area (TPSA) is 111 Å². The largest absolute Gasteiger partial charge is 0.454 e. The van der Waals surface area contributed by atoms with E-state index in [9.17, 15) is 13.2 Å². The molecule has 2 aliphatic rings. The summed E-state index contributed by atoms with van der Waals surface area (Å²) in [5.41, 5.74) is 1.32. The molecule has 3 heterocycles. The van der Waals surface area contributed by atoms with Gasteiger partial charge in [-0.15, -0.1) is 0 Å². The van der Waals surface area contributed by atoms with Crippen molar-refractivity contribution in [1.29, 1.82) is 0 Å². The number of aromatic nitrogens is 1. The average molecular weight is 464 g/mol. The summed E-state index contributed by atoms with van der Waals surface area (Å²) in [6.45, 7) is 6.68. The normalized spacial score (nSPS) is 21.0. The van der Waals surface area contributed by atoms with Crippen molar-refractivity contribution >= 4 is 15.9 Å². The van der Waals surface area contributed by atoms with Crippen LogP contribution >= 0.6 is 0 Å². The number of ether oxygens (including phenoxy) is 2. The number of fused-ring (bicyclic) bond motifs is 1. The van der Waals surface area contributed by atoms with E-state index in [0.717, 1.165) is 12.0 Å². The number of amides is 1. The first kappa shape index (κ1) is 22.6. The molecule has 0 unspecified atom stereocenters. The van der Waals surface area contributed by atoms with Gasteiger partial charge in [-0.1, -0.05) is 24.6 Å². The number of aryl methyl sites for hydroxylation is 2. The fourth-order valence-electron chi connectivity index (χ4n) is 4.53. The van der Waals surface area contributed by atoms with Crippen molar-refractivity contribution in [1.82, 2.24) is 14.8 Å². The maximum atomic E-state index is 13.1. The highest BCUT2D eigenvalue weighted by Crippen LogP contribution is 2.34. The Morgan fingerprint density at radius 1 is 1.22 bits per heavy atom. The van der Waals surface area contributed by atoms with E-state index in [1.807, 2.05) is 25.1 Å². The smallest absolute Gasteiger partial charge is 0.248 e. The molecule has 174 valence electrons. The van der Waals surface area contributed by atoms with Crippen molar-refractivity contribution in [2.75, 3.05) is 19.9 Å². The molecule has 1 amide bonds. The Labute approximate surface area is 188 Å². The minimum atomic E-state index is -3.67. The molecule has 0 radical (unpaired) electrons. The van der Waals surface area contributed by atoms with E-state index in [1.165, 1.54) is 4.31 Å². The molecule has 9 nitrogen and oxygen atoms in total. The minimum absolute atomic E-state index is 0.0341. The van der Waals surface area contributed by atoms with Gasteiger partial charge in [0.2, 0.25) is 22.7 Å². The zero-order valence-corrected chi connectivity index (χ0v) is 19.4. The quantitative estimate of drug-likeness (QED) is 0.672. The van der Waals surface area contributed by atoms with Crippen LogP contribution in [0.2, 0.25) is 0 Å². The van der Waals surface area contributed by atoms with Crippen LogP contribution in [0.4, 0.5) is 0 Å². The molecular formula is C22H29N3O6S. The van der Waals surface area contributed by atoms with Crippen molar-refractivity contribution in [3.8, 4) is 11.5 Å². The van der Waals surface area contributed by atoms with Gasteiger partial charge in [-0.2, -0.15) is 4.31 Å². The van der Waals surface area contributed by atoms with Crippen molar-refractivity contribution in [3.05, 3.63) is 35.2 Å². The Bertz CT molecular complexity index is 1080. The standard InChI is InChI=1S/C22H29N3O6S/c1-4-17-12-25(32(27,28)22-14(2)24-31-15(22)3)8-7-18(17)10-21(26)23-11-16-5-6-19-20(9-16)30-13-29-19/h5-6,9,17-18H,4,7-8,10-13H2,1-3H3,(H,23,26)/t17-,18+/m1/s1. The van der Waals surface area contributed by atoms with E-state index in [1.54, 1.807) is 13.8 Å². The van der Waals surface area contributed by atoms with Crippen LogP contribution in [-0.4, -0.2) is 43.7 Å². The molecule has 0 bridgehead atoms. The van der Waals surface area contributed by atoms with Crippen molar-refractivity contribution in [2.45, 2.75) is 51.5 Å². The van der Waals surface area contributed by atoms with E-state index in [2.05, 4.69) is 10.5 Å². The molecule has 2 aromatic rings. The van der Waals surface area contributed by atoms with Gasteiger partial charge in [0.1, 0.15) is 10.6 Å². The van der Waals surface area contributed by atoms with Crippen LogP contribution in [0.25, 0.3) is 0 Å². The van der Waals surface area contributed by atoms with Gasteiger partial charge in [0.25, 0.3) is 0 Å². The van der Waals surface area contributed by atoms with Crippen molar-refractivity contribution in [3.63, 3.8) is 0 Å². The van der Waals surface area contributed by atoms with Crippen LogP contribution in [0, 0.1) is 25.7 Å². The second kappa shape index (κ2) is 9.11. The molecular weight excluding hydrogens is 434 g/mol. The van der Waals surface area contributed by atoms with Gasteiger partial charge in [-0.25, -0.2) is 8.42 Å². The highest BCUT2D eigenvalue weighted by molar-refractivity contribution is 7.89. The number of hydrogen-bond acceptors (Lipinski definition) is 7. The lowest BCUT2D eigenvalue weighted by molar-refractivity contribution is -0.122. The fourth-order valence-corrected chi connectivity index (χ4v) is 6.33. The molecule has 1 fully saturated rings. The van der Waals surface area contributed by atoms with Crippen LogP contribution in [-0.2, 0) is 21.4 Å². The lowest BCUT2D eigenvalue weighted by Gasteiger charge is -2.37. The first-order valence-electron chi connectivity index (χ1n) is 10.9. The number of piperidine rings is 1. The van der Waals surface area contributed by atoms with Crippen molar-refractivity contribution in [2.24, 2.45) is 11.8 Å². The summed E-state index contributed by atoms with van der Waals surface area (Å²) in [6, 6.07) is 5.61. The number of hydrogen-bond donors (Lipinski definition) is 1. The number of rotatable bonds is 7. The second-order valence-electron chi connectivity index (χ2n) is 8.40. The zero-order chi connectivity index (χ0) is 22.9. The maximum Gasteiger partial charge on any atom is 0.248 e. The van der Waals surface area contributed by atoms with E-state index >= 15 is 0 Å². The highest BCUT2D eigenvalue weighted by Gasteiger charge is 2.38. The van der Waals surface area contributed by atoms with Gasteiger partial charge in [0, 0.05) is 26.1 Å². The number of carbonyl (C=O) groups excluding carboxylic acids is 1. The number of nitrogens with zero attached hydrogens (tertiary/aromatic N) is 2. The zero-order valence-electron chi connectivity index (χ0n) is 18.6. The van der Waals surface area contributed by atoms with Gasteiger partial charge in [-0.05, 0) is 49.8 Å². The van der Waals surface area contributed by atoms with Gasteiger partial charge in [-0.3, -0.25) is 4.79 Å². The predicted octanol–water partition coefficient (Wildman–Crippen LogP) is 2.76. The molecule has 4 rings (SSSR count). The van der Waals surface area contributed by atoms with E-state index in [4.69, 9.17) is 14.0 Å². The summed E-state index contributed by atoms with van der Waals surface area (Å²) < 4.78 is 43.6. The summed E-state index contributed by atoms with van der Waals surface area (Å²) in [5, 5.41) is 6.76. The molecule has 2 atom stereocenters. The third-order valence-corrected chi connectivity index (χ3v) is 8.43. The Balaban J connectivity index is 1.35. The van der Waals surface area contributed by atoms with Crippen molar-refractivity contribution < 1.29 is 27.2 Å². The second-order valence-corrected chi connectivity index (χ2v) is 10.3. The van der Waals surface area contributed by atoms with Crippen LogP contribution in [0.3, 0.4) is 0 Å². The van der Waals surface area contributed by atoms with Crippen LogP contribution < -0.4 is 14.8 Å². The predicted molar refractivity (Wildman–Crippen MR) is 116 cm³/mol. The molecule has 0 aliphatic carbocycles. The van der Waals surface area contributed by atoms with Gasteiger partial charge < -0.3 is 19.3 Å². The summed E-state index contributed by atoms with van der Waals surface area (Å²) in [6.07, 6.45) is 1.81. The molecule has 32 heavy (non-hydrogen) atoms. The SMILES string of the molecule is CC[C@@H]1CN(S(=O)(=O)c2c(C)noc2C)CC[C@H]1CC(=O)NCc1ccc2c(c1)OCO2. The molecule has 2 aliphatic heterocycles. The van der Waals surface area contributed by atoms with Crippen LogP contribution in [0.1, 0.15) is 43.2 Å². The lowest BCUT2D eigenvalue weighted by Crippen LogP contribution is -2.45. The van der Waals surface area contributed by atoms with Crippen LogP contribution in [0.15, 0.2) is 27.6 Å². The van der Waals surface area contributed by atoms with E-state index < -0.39 is 10.0 Å². The third-order valence-electron chi connectivity index (χ3n) is 6.32. The van der Waals surface area contributed by atoms with E-state index in [-0.39, 0.29) is 29.4 Å². The Kier molecular flexibility index (Phi) is 6.43. The Morgan fingerprint density at radius 2 is 2.00 bits per heavy atom. The summed E-state index contributed by atoms with van der Waals surface area (Å²) in [4.78, 5) is 12.8. The van der Waals surface area contributed by atoms with Crippen LogP contribution in [0.5, 0.6) is 11.5 Å². The number of sulfonamides is 1. The summed E-state index contributed by atoms with van der Waals surface area (Å²) in [7, 11) is -3.67. The molecule has 1 saturated heterocycles. The average Bonchev–Trinajstić information content (AvgIpc) is 3.37. The Morgan fingerprint density at radius 3 is 2.72 bits per heavy atom. The minimum Gasteiger partial charge on any atom is -0.454 e. The number of benzene rings is 1. The summed E-state index contributed by atoms with van der Waals surface area (Å²) >= 11 is 0. The van der Waals surface area contributed by atoms with Gasteiger partial charge in [0.05, 0.1) is 0 Å². The fraction of sp³-hybridized carbons (Fsp3) is 0.545. The van der Waals surface area contributed by atoms with Gasteiger partial charge >= 0.3 is 0 Å². The van der Waals surface area contributed by atoms with E-state index in [0.29, 0.717) is 55.4 Å². The third kappa shape index (κ3) is 4.47. The number of carbonyl (C=O) groups is 1. The summed E-state index contributed by atoms with van der Waals surface area (Å²) in [5.74, 6) is 1.91. The maximum absolute atomic E-state index is 13.1.